The lowest BCUT2D eigenvalue weighted by atomic mass is 10.2. The van der Waals surface area contributed by atoms with Crippen molar-refractivity contribution in [3.05, 3.63) is 18.0 Å². The van der Waals surface area contributed by atoms with Gasteiger partial charge < -0.3 is 15.0 Å². The van der Waals surface area contributed by atoms with E-state index in [0.29, 0.717) is 5.92 Å². The Kier molecular flexibility index (Phi) is 7.36. The van der Waals surface area contributed by atoms with Crippen LogP contribution in [0.1, 0.15) is 25.8 Å². The Balaban J connectivity index is 2.37. The third kappa shape index (κ3) is 6.50. The van der Waals surface area contributed by atoms with Crippen molar-refractivity contribution in [1.82, 2.24) is 15.3 Å². The number of ether oxygens (including phenoxy) is 1. The summed E-state index contributed by atoms with van der Waals surface area (Å²) in [4.78, 5) is 10.8. The van der Waals surface area contributed by atoms with E-state index in [4.69, 9.17) is 4.74 Å². The monoisotopic (exact) mass is 266 g/mol. The molecule has 0 aromatic carbocycles. The van der Waals surface area contributed by atoms with Gasteiger partial charge in [0.2, 0.25) is 5.95 Å². The number of hydrogen-bond acceptors (Lipinski definition) is 5. The van der Waals surface area contributed by atoms with Gasteiger partial charge in [0.15, 0.2) is 0 Å². The molecule has 0 radical (unpaired) electrons. The number of nitrogens with one attached hydrogen (secondary N) is 1. The fraction of sp³-hybridized carbons (Fsp3) is 0.714. The highest BCUT2D eigenvalue weighted by molar-refractivity contribution is 5.28. The molecule has 19 heavy (non-hydrogen) atoms. The molecule has 108 valence electrons. The van der Waals surface area contributed by atoms with Gasteiger partial charge in [-0.25, -0.2) is 9.97 Å². The summed E-state index contributed by atoms with van der Waals surface area (Å²) in [5.41, 5.74) is 1.12. The van der Waals surface area contributed by atoms with Crippen molar-refractivity contribution < 1.29 is 4.74 Å². The summed E-state index contributed by atoms with van der Waals surface area (Å²) in [6.45, 7) is 7.90. The molecular formula is C14H26N4O. The summed E-state index contributed by atoms with van der Waals surface area (Å²) in [6, 6.07) is 0. The Bertz CT molecular complexity index is 340. The predicted octanol–water partition coefficient (Wildman–Crippen LogP) is 1.69. The first-order valence-corrected chi connectivity index (χ1v) is 6.85. The molecule has 0 aliphatic carbocycles. The Morgan fingerprint density at radius 3 is 2.58 bits per heavy atom. The highest BCUT2D eigenvalue weighted by atomic mass is 16.5. The standard InChI is InChI=1S/C14H26N4O/c1-12(2)8-15-9-13-10-16-14(17-11-13)18(3)6-5-7-19-4/h10-12,15H,5-9H2,1-4H3. The molecule has 0 spiro atoms. The van der Waals surface area contributed by atoms with Crippen molar-refractivity contribution in [3.8, 4) is 0 Å². The van der Waals surface area contributed by atoms with E-state index in [2.05, 4.69) is 29.1 Å². The molecule has 1 aromatic heterocycles. The lowest BCUT2D eigenvalue weighted by molar-refractivity contribution is 0.196. The lowest BCUT2D eigenvalue weighted by Crippen LogP contribution is -2.23. The predicted molar refractivity (Wildman–Crippen MR) is 78.3 cm³/mol. The van der Waals surface area contributed by atoms with Gasteiger partial charge in [-0.15, -0.1) is 0 Å². The van der Waals surface area contributed by atoms with Gasteiger partial charge in [0.25, 0.3) is 0 Å². The SMILES string of the molecule is COCCCN(C)c1ncc(CNCC(C)C)cn1. The number of aromatic nitrogens is 2. The third-order valence-corrected chi connectivity index (χ3v) is 2.76. The molecular weight excluding hydrogens is 240 g/mol. The van der Waals surface area contributed by atoms with Gasteiger partial charge in [0.05, 0.1) is 0 Å². The van der Waals surface area contributed by atoms with Crippen LogP contribution in [-0.4, -0.2) is 43.8 Å². The fourth-order valence-electron chi connectivity index (χ4n) is 1.69. The largest absolute Gasteiger partial charge is 0.385 e. The van der Waals surface area contributed by atoms with Crippen LogP contribution in [0, 0.1) is 5.92 Å². The fourth-order valence-corrected chi connectivity index (χ4v) is 1.69. The topological polar surface area (TPSA) is 50.3 Å². The van der Waals surface area contributed by atoms with E-state index in [1.165, 1.54) is 0 Å². The Morgan fingerprint density at radius 1 is 1.32 bits per heavy atom. The highest BCUT2D eigenvalue weighted by Gasteiger charge is 2.04. The molecule has 1 N–H and O–H groups in total. The zero-order valence-corrected chi connectivity index (χ0v) is 12.5. The molecule has 0 aliphatic heterocycles. The maximum Gasteiger partial charge on any atom is 0.224 e. The van der Waals surface area contributed by atoms with Gasteiger partial charge in [0.1, 0.15) is 0 Å². The van der Waals surface area contributed by atoms with Crippen LogP contribution in [-0.2, 0) is 11.3 Å². The second-order valence-corrected chi connectivity index (χ2v) is 5.18. The molecule has 0 saturated carbocycles. The van der Waals surface area contributed by atoms with E-state index in [1.807, 2.05) is 24.3 Å². The van der Waals surface area contributed by atoms with Crippen molar-refractivity contribution in [2.45, 2.75) is 26.8 Å². The minimum Gasteiger partial charge on any atom is -0.385 e. The highest BCUT2D eigenvalue weighted by Crippen LogP contribution is 2.05. The van der Waals surface area contributed by atoms with Crippen molar-refractivity contribution in [1.29, 1.82) is 0 Å². The molecule has 0 unspecified atom stereocenters. The van der Waals surface area contributed by atoms with Crippen LogP contribution in [0.5, 0.6) is 0 Å². The zero-order valence-electron chi connectivity index (χ0n) is 12.5. The molecule has 0 fully saturated rings. The first kappa shape index (κ1) is 15.9. The van der Waals surface area contributed by atoms with Crippen LogP contribution in [0.3, 0.4) is 0 Å². The maximum absolute atomic E-state index is 5.04. The van der Waals surface area contributed by atoms with Crippen LogP contribution in [0.4, 0.5) is 5.95 Å². The summed E-state index contributed by atoms with van der Waals surface area (Å²) in [7, 11) is 3.72. The molecule has 0 bridgehead atoms. The van der Waals surface area contributed by atoms with Gasteiger partial charge in [-0.2, -0.15) is 0 Å². The van der Waals surface area contributed by atoms with E-state index in [1.54, 1.807) is 7.11 Å². The average Bonchev–Trinajstić information content (AvgIpc) is 2.39. The van der Waals surface area contributed by atoms with Crippen LogP contribution in [0.15, 0.2) is 12.4 Å². The molecule has 0 amide bonds. The normalized spacial score (nSPS) is 11.0. The van der Waals surface area contributed by atoms with Gasteiger partial charge in [0, 0.05) is 51.8 Å². The van der Waals surface area contributed by atoms with Gasteiger partial charge in [-0.3, -0.25) is 0 Å². The molecule has 0 saturated heterocycles. The van der Waals surface area contributed by atoms with Crippen LogP contribution < -0.4 is 10.2 Å². The quantitative estimate of drug-likeness (QED) is 0.689. The van der Waals surface area contributed by atoms with Crippen molar-refractivity contribution in [2.75, 3.05) is 38.8 Å². The van der Waals surface area contributed by atoms with E-state index >= 15 is 0 Å². The second-order valence-electron chi connectivity index (χ2n) is 5.18. The molecule has 0 atom stereocenters. The summed E-state index contributed by atoms with van der Waals surface area (Å²) in [6.07, 6.45) is 4.76. The smallest absolute Gasteiger partial charge is 0.224 e. The zero-order chi connectivity index (χ0) is 14.1. The van der Waals surface area contributed by atoms with Crippen molar-refractivity contribution in [2.24, 2.45) is 5.92 Å². The minimum absolute atomic E-state index is 0.659. The molecule has 1 aromatic rings. The lowest BCUT2D eigenvalue weighted by Gasteiger charge is -2.16. The van der Waals surface area contributed by atoms with E-state index in [-0.39, 0.29) is 0 Å². The first-order chi connectivity index (χ1) is 9.13. The van der Waals surface area contributed by atoms with Gasteiger partial charge in [-0.1, -0.05) is 13.8 Å². The second kappa shape index (κ2) is 8.82. The molecule has 0 aliphatic rings. The summed E-state index contributed by atoms with van der Waals surface area (Å²) in [5.74, 6) is 1.43. The Labute approximate surface area is 116 Å². The molecule has 1 heterocycles. The minimum atomic E-state index is 0.659. The Hall–Kier alpha value is -1.20. The third-order valence-electron chi connectivity index (χ3n) is 2.76. The van der Waals surface area contributed by atoms with Gasteiger partial charge >= 0.3 is 0 Å². The van der Waals surface area contributed by atoms with Crippen molar-refractivity contribution >= 4 is 5.95 Å². The summed E-state index contributed by atoms with van der Waals surface area (Å²) < 4.78 is 5.04. The van der Waals surface area contributed by atoms with Crippen LogP contribution >= 0.6 is 0 Å². The van der Waals surface area contributed by atoms with E-state index < -0.39 is 0 Å². The average molecular weight is 266 g/mol. The first-order valence-electron chi connectivity index (χ1n) is 6.85. The summed E-state index contributed by atoms with van der Waals surface area (Å²) >= 11 is 0. The number of anilines is 1. The number of methoxy groups -OCH3 is 1. The molecule has 5 nitrogen and oxygen atoms in total. The molecule has 1 rings (SSSR count). The van der Waals surface area contributed by atoms with Crippen molar-refractivity contribution in [3.63, 3.8) is 0 Å². The van der Waals surface area contributed by atoms with Crippen LogP contribution in [0.25, 0.3) is 0 Å². The summed E-state index contributed by atoms with van der Waals surface area (Å²) in [5, 5.41) is 3.38. The number of hydrogen-bond donors (Lipinski definition) is 1. The van der Waals surface area contributed by atoms with Gasteiger partial charge in [-0.05, 0) is 18.9 Å². The number of nitrogens with zero attached hydrogens (tertiary/aromatic N) is 3. The molecule has 5 heteroatoms. The van der Waals surface area contributed by atoms with E-state index in [9.17, 15) is 0 Å². The Morgan fingerprint density at radius 2 is 2.00 bits per heavy atom. The van der Waals surface area contributed by atoms with Crippen LogP contribution in [0.2, 0.25) is 0 Å². The number of rotatable bonds is 9. The maximum atomic E-state index is 5.04. The van der Waals surface area contributed by atoms with E-state index in [0.717, 1.165) is 44.2 Å².